The Kier molecular flexibility index (Phi) is 6.09. The number of rotatable bonds is 5. The van der Waals surface area contributed by atoms with Crippen LogP contribution in [-0.2, 0) is 4.79 Å². The van der Waals surface area contributed by atoms with Crippen LogP contribution in [0, 0.1) is 0 Å². The van der Waals surface area contributed by atoms with E-state index in [0.29, 0.717) is 12.1 Å². The highest BCUT2D eigenvalue weighted by Gasteiger charge is 2.30. The second-order valence-corrected chi connectivity index (χ2v) is 5.72. The Morgan fingerprint density at radius 3 is 2.28 bits per heavy atom. The molecule has 106 valence electrons. The highest BCUT2D eigenvalue weighted by Crippen LogP contribution is 2.24. The van der Waals surface area contributed by atoms with Gasteiger partial charge in [-0.25, -0.2) is 0 Å². The molecular formula is C14H29N3O. The van der Waals surface area contributed by atoms with Crippen LogP contribution < -0.4 is 5.73 Å². The molecule has 0 bridgehead atoms. The fourth-order valence-electron chi connectivity index (χ4n) is 2.90. The lowest BCUT2D eigenvalue weighted by Gasteiger charge is -2.39. The molecule has 0 spiro atoms. The maximum atomic E-state index is 12.1. The number of nitrogens with two attached hydrogens (primary N) is 1. The molecule has 1 unspecified atom stereocenters. The summed E-state index contributed by atoms with van der Waals surface area (Å²) in [5.74, 6) is 0.207. The van der Waals surface area contributed by atoms with Crippen molar-refractivity contribution in [3.8, 4) is 0 Å². The van der Waals surface area contributed by atoms with E-state index < -0.39 is 0 Å². The molecule has 0 radical (unpaired) electrons. The molecule has 1 fully saturated rings. The molecular weight excluding hydrogens is 226 g/mol. The number of hydrogen-bond donors (Lipinski definition) is 1. The van der Waals surface area contributed by atoms with Gasteiger partial charge >= 0.3 is 0 Å². The van der Waals surface area contributed by atoms with Crippen molar-refractivity contribution in [3.63, 3.8) is 0 Å². The summed E-state index contributed by atoms with van der Waals surface area (Å²) in [5, 5.41) is 0. The lowest BCUT2D eigenvalue weighted by atomic mass is 9.90. The smallest absolute Gasteiger partial charge is 0.239 e. The molecule has 2 N–H and O–H groups in total. The maximum absolute atomic E-state index is 12.1. The fraction of sp³-hybridized carbons (Fsp3) is 0.929. The van der Waals surface area contributed by atoms with Gasteiger partial charge in [-0.2, -0.15) is 0 Å². The molecule has 0 heterocycles. The molecule has 1 amide bonds. The highest BCUT2D eigenvalue weighted by molar-refractivity contribution is 5.81. The van der Waals surface area contributed by atoms with Gasteiger partial charge in [0.2, 0.25) is 5.91 Å². The van der Waals surface area contributed by atoms with E-state index in [9.17, 15) is 4.79 Å². The number of nitrogens with zero attached hydrogens (tertiary/aromatic N) is 2. The molecule has 0 aromatic rings. The maximum Gasteiger partial charge on any atom is 0.239 e. The zero-order valence-corrected chi connectivity index (χ0v) is 12.4. The molecule has 0 saturated heterocycles. The van der Waals surface area contributed by atoms with Crippen LogP contribution in [-0.4, -0.2) is 54.5 Å². The van der Waals surface area contributed by atoms with E-state index in [1.54, 1.807) is 4.90 Å². The van der Waals surface area contributed by atoms with E-state index in [1.165, 1.54) is 0 Å². The minimum absolute atomic E-state index is 0.0146. The SMILES string of the molecule is CCCN(C1CCC(N)CC1)C(C)C(=O)N(C)C. The molecule has 4 nitrogen and oxygen atoms in total. The van der Waals surface area contributed by atoms with Gasteiger partial charge in [0, 0.05) is 26.2 Å². The van der Waals surface area contributed by atoms with Gasteiger partial charge < -0.3 is 10.6 Å². The molecule has 1 atom stereocenters. The van der Waals surface area contributed by atoms with E-state index in [-0.39, 0.29) is 11.9 Å². The van der Waals surface area contributed by atoms with Crippen molar-refractivity contribution in [1.82, 2.24) is 9.80 Å². The van der Waals surface area contributed by atoms with Crippen LogP contribution in [0.4, 0.5) is 0 Å². The van der Waals surface area contributed by atoms with Crippen molar-refractivity contribution in [2.24, 2.45) is 5.73 Å². The topological polar surface area (TPSA) is 49.6 Å². The first kappa shape index (κ1) is 15.4. The van der Waals surface area contributed by atoms with Gasteiger partial charge in [0.25, 0.3) is 0 Å². The van der Waals surface area contributed by atoms with E-state index in [4.69, 9.17) is 5.73 Å². The van der Waals surface area contributed by atoms with Crippen molar-refractivity contribution in [3.05, 3.63) is 0 Å². The average Bonchev–Trinajstić information content (AvgIpc) is 2.35. The number of carbonyl (C=O) groups excluding carboxylic acids is 1. The highest BCUT2D eigenvalue weighted by atomic mass is 16.2. The molecule has 0 aromatic heterocycles. The Morgan fingerprint density at radius 1 is 1.28 bits per heavy atom. The molecule has 1 saturated carbocycles. The standard InChI is InChI=1S/C14H29N3O/c1-5-10-17(11(2)14(18)16(3)4)13-8-6-12(15)7-9-13/h11-13H,5-10,15H2,1-4H3. The lowest BCUT2D eigenvalue weighted by Crippen LogP contribution is -2.51. The number of hydrogen-bond acceptors (Lipinski definition) is 3. The Morgan fingerprint density at radius 2 is 1.83 bits per heavy atom. The summed E-state index contributed by atoms with van der Waals surface area (Å²) in [6, 6.07) is 0.882. The van der Waals surface area contributed by atoms with Crippen LogP contribution in [0.5, 0.6) is 0 Å². The van der Waals surface area contributed by atoms with Gasteiger partial charge in [-0.3, -0.25) is 9.69 Å². The first-order chi connectivity index (χ1) is 8.47. The Bertz CT molecular complexity index is 260. The largest absolute Gasteiger partial charge is 0.347 e. The summed E-state index contributed by atoms with van der Waals surface area (Å²) in [4.78, 5) is 16.2. The Hall–Kier alpha value is -0.610. The fourth-order valence-corrected chi connectivity index (χ4v) is 2.90. The molecule has 1 rings (SSSR count). The molecule has 18 heavy (non-hydrogen) atoms. The Balaban J connectivity index is 2.66. The molecule has 1 aliphatic rings. The van der Waals surface area contributed by atoms with E-state index in [1.807, 2.05) is 21.0 Å². The van der Waals surface area contributed by atoms with Gasteiger partial charge in [0.1, 0.15) is 0 Å². The van der Waals surface area contributed by atoms with E-state index in [2.05, 4.69) is 11.8 Å². The van der Waals surface area contributed by atoms with Gasteiger partial charge in [-0.05, 0) is 45.6 Å². The van der Waals surface area contributed by atoms with Crippen molar-refractivity contribution in [2.45, 2.75) is 64.1 Å². The number of likely N-dealkylation sites (N-methyl/N-ethyl adjacent to an activating group) is 1. The summed E-state index contributed by atoms with van der Waals surface area (Å²) < 4.78 is 0. The first-order valence-corrected chi connectivity index (χ1v) is 7.19. The summed E-state index contributed by atoms with van der Waals surface area (Å²) in [5.41, 5.74) is 5.96. The average molecular weight is 255 g/mol. The predicted molar refractivity (Wildman–Crippen MR) is 75.4 cm³/mol. The number of carbonyl (C=O) groups is 1. The van der Waals surface area contributed by atoms with Crippen molar-refractivity contribution in [1.29, 1.82) is 0 Å². The second kappa shape index (κ2) is 7.10. The quantitative estimate of drug-likeness (QED) is 0.809. The van der Waals surface area contributed by atoms with Crippen LogP contribution in [0.3, 0.4) is 0 Å². The minimum Gasteiger partial charge on any atom is -0.347 e. The first-order valence-electron chi connectivity index (χ1n) is 7.19. The predicted octanol–water partition coefficient (Wildman–Crippen LogP) is 1.45. The molecule has 1 aliphatic carbocycles. The van der Waals surface area contributed by atoms with Crippen molar-refractivity contribution >= 4 is 5.91 Å². The van der Waals surface area contributed by atoms with Crippen molar-refractivity contribution < 1.29 is 4.79 Å². The third kappa shape index (κ3) is 3.95. The summed E-state index contributed by atoms with van der Waals surface area (Å²) in [7, 11) is 3.67. The lowest BCUT2D eigenvalue weighted by molar-refractivity contribution is -0.135. The summed E-state index contributed by atoms with van der Waals surface area (Å²) in [6.45, 7) is 5.21. The monoisotopic (exact) mass is 255 g/mol. The summed E-state index contributed by atoms with van der Waals surface area (Å²) in [6.07, 6.45) is 5.54. The zero-order valence-electron chi connectivity index (χ0n) is 12.4. The van der Waals surface area contributed by atoms with E-state index >= 15 is 0 Å². The third-order valence-corrected chi connectivity index (χ3v) is 3.99. The van der Waals surface area contributed by atoms with Gasteiger partial charge in [0.15, 0.2) is 0 Å². The van der Waals surface area contributed by atoms with Crippen molar-refractivity contribution in [2.75, 3.05) is 20.6 Å². The van der Waals surface area contributed by atoms with Crippen LogP contribution in [0.25, 0.3) is 0 Å². The van der Waals surface area contributed by atoms with E-state index in [0.717, 1.165) is 38.6 Å². The minimum atomic E-state index is -0.0146. The third-order valence-electron chi connectivity index (χ3n) is 3.99. The van der Waals surface area contributed by atoms with Crippen LogP contribution in [0.2, 0.25) is 0 Å². The second-order valence-electron chi connectivity index (χ2n) is 5.72. The van der Waals surface area contributed by atoms with Gasteiger partial charge in [-0.1, -0.05) is 6.92 Å². The molecule has 4 heteroatoms. The molecule has 0 aromatic carbocycles. The Labute approximate surface area is 111 Å². The normalized spacial score (nSPS) is 26.1. The van der Waals surface area contributed by atoms with Crippen LogP contribution in [0.1, 0.15) is 46.0 Å². The zero-order chi connectivity index (χ0) is 13.7. The van der Waals surface area contributed by atoms with Gasteiger partial charge in [-0.15, -0.1) is 0 Å². The van der Waals surface area contributed by atoms with Gasteiger partial charge in [0.05, 0.1) is 6.04 Å². The van der Waals surface area contributed by atoms with Crippen LogP contribution >= 0.6 is 0 Å². The summed E-state index contributed by atoms with van der Waals surface area (Å²) >= 11 is 0. The number of amides is 1. The van der Waals surface area contributed by atoms with Crippen LogP contribution in [0.15, 0.2) is 0 Å². The molecule has 0 aliphatic heterocycles.